The van der Waals surface area contributed by atoms with Gasteiger partial charge in [-0.05, 0) is 60.8 Å². The summed E-state index contributed by atoms with van der Waals surface area (Å²) in [5, 5.41) is 3.96. The van der Waals surface area contributed by atoms with Crippen molar-refractivity contribution in [2.45, 2.75) is 25.5 Å². The molecule has 0 aromatic heterocycles. The van der Waals surface area contributed by atoms with Crippen molar-refractivity contribution in [3.63, 3.8) is 0 Å². The zero-order chi connectivity index (χ0) is 13.9. The fourth-order valence-electron chi connectivity index (χ4n) is 2.30. The predicted molar refractivity (Wildman–Crippen MR) is 83.3 cm³/mol. The number of ether oxygens (including phenoxy) is 1. The van der Waals surface area contributed by atoms with Gasteiger partial charge in [-0.1, -0.05) is 29.8 Å². The summed E-state index contributed by atoms with van der Waals surface area (Å²) in [6.45, 7) is 0.795. The lowest BCUT2D eigenvalue weighted by Gasteiger charge is -2.12. The molecule has 3 rings (SSSR count). The van der Waals surface area contributed by atoms with Gasteiger partial charge in [0, 0.05) is 11.6 Å². The molecule has 0 atom stereocenters. The lowest BCUT2D eigenvalue weighted by Crippen LogP contribution is -2.06. The van der Waals surface area contributed by atoms with Crippen LogP contribution in [0, 0.1) is 0 Å². The second-order valence-corrected chi connectivity index (χ2v) is 5.61. The van der Waals surface area contributed by atoms with Gasteiger partial charge < -0.3 is 10.1 Å². The van der Waals surface area contributed by atoms with E-state index in [9.17, 15) is 0 Å². The molecule has 0 bridgehead atoms. The molecule has 2 aromatic rings. The molecule has 1 aliphatic rings. The average molecular weight is 288 g/mol. The van der Waals surface area contributed by atoms with E-state index in [1.165, 1.54) is 29.5 Å². The van der Waals surface area contributed by atoms with Crippen LogP contribution >= 0.6 is 11.6 Å². The Morgan fingerprint density at radius 3 is 2.80 bits per heavy atom. The third-order valence-corrected chi connectivity index (χ3v) is 3.64. The topological polar surface area (TPSA) is 21.3 Å². The van der Waals surface area contributed by atoms with E-state index >= 15 is 0 Å². The zero-order valence-corrected chi connectivity index (χ0v) is 12.3. The summed E-state index contributed by atoms with van der Waals surface area (Å²) < 4.78 is 5.87. The van der Waals surface area contributed by atoms with Crippen LogP contribution in [0.4, 0.5) is 0 Å². The molecule has 0 saturated heterocycles. The van der Waals surface area contributed by atoms with E-state index in [0.29, 0.717) is 6.10 Å². The molecule has 0 radical (unpaired) electrons. The molecular weight excluding hydrogens is 270 g/mol. The number of benzene rings is 2. The molecule has 2 aromatic carbocycles. The molecule has 1 saturated carbocycles. The van der Waals surface area contributed by atoms with Crippen LogP contribution in [-0.4, -0.2) is 13.2 Å². The summed E-state index contributed by atoms with van der Waals surface area (Å²) >= 11 is 6.10. The number of nitrogens with one attached hydrogen (secondary N) is 1. The highest BCUT2D eigenvalue weighted by atomic mass is 35.5. The van der Waals surface area contributed by atoms with E-state index < -0.39 is 0 Å². The molecule has 104 valence electrons. The van der Waals surface area contributed by atoms with Gasteiger partial charge in [0.1, 0.15) is 5.75 Å². The van der Waals surface area contributed by atoms with Crippen molar-refractivity contribution in [1.29, 1.82) is 0 Å². The maximum absolute atomic E-state index is 6.10. The smallest absolute Gasteiger partial charge is 0.120 e. The second-order valence-electron chi connectivity index (χ2n) is 5.18. The quantitative estimate of drug-likeness (QED) is 0.887. The van der Waals surface area contributed by atoms with Crippen molar-refractivity contribution < 1.29 is 4.74 Å². The summed E-state index contributed by atoms with van der Waals surface area (Å²) in [4.78, 5) is 0. The van der Waals surface area contributed by atoms with Gasteiger partial charge in [0.2, 0.25) is 0 Å². The first-order chi connectivity index (χ1) is 9.76. The minimum absolute atomic E-state index is 0.423. The van der Waals surface area contributed by atoms with Crippen LogP contribution in [0.3, 0.4) is 0 Å². The lowest BCUT2D eigenvalue weighted by atomic mass is 9.99. The van der Waals surface area contributed by atoms with Crippen molar-refractivity contribution in [3.8, 4) is 16.9 Å². The van der Waals surface area contributed by atoms with Crippen molar-refractivity contribution >= 4 is 11.6 Å². The first-order valence-corrected chi connectivity index (χ1v) is 7.34. The normalized spacial score (nSPS) is 14.3. The van der Waals surface area contributed by atoms with Crippen LogP contribution in [0.2, 0.25) is 5.02 Å². The van der Waals surface area contributed by atoms with Crippen molar-refractivity contribution in [2.24, 2.45) is 0 Å². The van der Waals surface area contributed by atoms with Crippen LogP contribution < -0.4 is 10.1 Å². The summed E-state index contributed by atoms with van der Waals surface area (Å²) in [5.74, 6) is 0.954. The Morgan fingerprint density at radius 2 is 2.05 bits per heavy atom. The highest BCUT2D eigenvalue weighted by molar-refractivity contribution is 6.30. The molecule has 1 fully saturated rings. The van der Waals surface area contributed by atoms with Crippen LogP contribution in [0.5, 0.6) is 5.75 Å². The number of hydrogen-bond donors (Lipinski definition) is 1. The highest BCUT2D eigenvalue weighted by Crippen LogP contribution is 2.32. The first-order valence-electron chi connectivity index (χ1n) is 6.96. The van der Waals surface area contributed by atoms with Crippen molar-refractivity contribution in [1.82, 2.24) is 5.32 Å². The molecule has 1 N–H and O–H groups in total. The number of rotatable bonds is 5. The van der Waals surface area contributed by atoms with E-state index in [0.717, 1.165) is 17.3 Å². The van der Waals surface area contributed by atoms with Crippen molar-refractivity contribution in [2.75, 3.05) is 7.05 Å². The SMILES string of the molecule is CNCc1cc(Cl)ccc1-c1cccc(OC2CC2)c1. The Kier molecular flexibility index (Phi) is 3.95. The monoisotopic (exact) mass is 287 g/mol. The molecule has 0 aliphatic heterocycles. The summed E-state index contributed by atoms with van der Waals surface area (Å²) in [6.07, 6.45) is 2.78. The minimum Gasteiger partial charge on any atom is -0.490 e. The third-order valence-electron chi connectivity index (χ3n) is 3.41. The van der Waals surface area contributed by atoms with E-state index in [-0.39, 0.29) is 0 Å². The minimum atomic E-state index is 0.423. The Hall–Kier alpha value is -1.51. The molecule has 0 amide bonds. The number of halogens is 1. The van der Waals surface area contributed by atoms with Crippen LogP contribution in [0.25, 0.3) is 11.1 Å². The standard InChI is InChI=1S/C17H18ClNO/c1-19-11-13-9-14(18)5-8-17(13)12-3-2-4-16(10-12)20-15-6-7-15/h2-5,8-10,15,19H,6-7,11H2,1H3. The lowest BCUT2D eigenvalue weighted by molar-refractivity contribution is 0.303. The van der Waals surface area contributed by atoms with Crippen LogP contribution in [-0.2, 0) is 6.54 Å². The summed E-state index contributed by atoms with van der Waals surface area (Å²) in [7, 11) is 1.94. The molecule has 0 heterocycles. The summed E-state index contributed by atoms with van der Waals surface area (Å²) in [5.41, 5.74) is 3.57. The average Bonchev–Trinajstić information content (AvgIpc) is 3.24. The third kappa shape index (κ3) is 3.14. The van der Waals surface area contributed by atoms with Gasteiger partial charge in [-0.2, -0.15) is 0 Å². The molecule has 20 heavy (non-hydrogen) atoms. The second kappa shape index (κ2) is 5.86. The maximum Gasteiger partial charge on any atom is 0.120 e. The fourth-order valence-corrected chi connectivity index (χ4v) is 2.49. The van der Waals surface area contributed by atoms with E-state index in [2.05, 4.69) is 23.5 Å². The van der Waals surface area contributed by atoms with Gasteiger partial charge in [0.25, 0.3) is 0 Å². The molecule has 3 heteroatoms. The highest BCUT2D eigenvalue weighted by Gasteiger charge is 2.23. The Balaban J connectivity index is 1.94. The van der Waals surface area contributed by atoms with Crippen LogP contribution in [0.1, 0.15) is 18.4 Å². The molecule has 0 spiro atoms. The van der Waals surface area contributed by atoms with Gasteiger partial charge in [0.05, 0.1) is 6.10 Å². The first kappa shape index (κ1) is 13.5. The van der Waals surface area contributed by atoms with Crippen LogP contribution in [0.15, 0.2) is 42.5 Å². The van der Waals surface area contributed by atoms with Gasteiger partial charge in [-0.15, -0.1) is 0 Å². The van der Waals surface area contributed by atoms with E-state index in [4.69, 9.17) is 16.3 Å². The Morgan fingerprint density at radius 1 is 1.20 bits per heavy atom. The Bertz CT molecular complexity index is 608. The largest absolute Gasteiger partial charge is 0.490 e. The van der Waals surface area contributed by atoms with Gasteiger partial charge in [0.15, 0.2) is 0 Å². The molecule has 0 unspecified atom stereocenters. The van der Waals surface area contributed by atoms with E-state index in [1.54, 1.807) is 0 Å². The fraction of sp³-hybridized carbons (Fsp3) is 0.294. The zero-order valence-electron chi connectivity index (χ0n) is 11.5. The molecule has 1 aliphatic carbocycles. The number of hydrogen-bond acceptors (Lipinski definition) is 2. The maximum atomic E-state index is 6.10. The van der Waals surface area contributed by atoms with Gasteiger partial charge >= 0.3 is 0 Å². The summed E-state index contributed by atoms with van der Waals surface area (Å²) in [6, 6.07) is 14.3. The van der Waals surface area contributed by atoms with Gasteiger partial charge in [-0.3, -0.25) is 0 Å². The van der Waals surface area contributed by atoms with Gasteiger partial charge in [-0.25, -0.2) is 0 Å². The Labute approximate surface area is 124 Å². The van der Waals surface area contributed by atoms with E-state index in [1.807, 2.05) is 31.3 Å². The molecule has 2 nitrogen and oxygen atoms in total. The molecular formula is C17H18ClNO. The van der Waals surface area contributed by atoms with Crippen molar-refractivity contribution in [3.05, 3.63) is 53.1 Å². The predicted octanol–water partition coefficient (Wildman–Crippen LogP) is 4.27.